The number of aromatic carboxylic acids is 1. The van der Waals surface area contributed by atoms with Crippen LogP contribution in [0.4, 0.5) is 0 Å². The van der Waals surface area contributed by atoms with Crippen molar-refractivity contribution >= 4 is 17.3 Å². The molecule has 0 atom stereocenters. The van der Waals surface area contributed by atoms with Gasteiger partial charge in [0.05, 0.1) is 5.56 Å². The zero-order valence-electron chi connectivity index (χ0n) is 15.9. The summed E-state index contributed by atoms with van der Waals surface area (Å²) in [7, 11) is 0. The first-order valence-electron chi connectivity index (χ1n) is 9.60. The monoisotopic (exact) mass is 369 g/mol. The predicted molar refractivity (Wildman–Crippen MR) is 107 cm³/mol. The van der Waals surface area contributed by atoms with Crippen molar-refractivity contribution in [3.63, 3.8) is 0 Å². The van der Waals surface area contributed by atoms with Crippen molar-refractivity contribution in [2.75, 3.05) is 13.1 Å². The second kappa shape index (κ2) is 6.50. The molecule has 138 valence electrons. The van der Waals surface area contributed by atoms with Crippen LogP contribution in [0, 0.1) is 5.41 Å². The topological polar surface area (TPSA) is 40.5 Å². The van der Waals surface area contributed by atoms with Crippen molar-refractivity contribution < 1.29 is 9.90 Å². The standard InChI is InChI=1S/C22H27NO2S/c1-4-23-10-8-14-5-6-15(11-16(14)13-23)20-19(21(24)25)17-12-22(2,3)9-7-18(17)26-20/h5-6,11H,4,7-10,12-13H2,1-3H3,(H,24,25). The Morgan fingerprint density at radius 2 is 2.08 bits per heavy atom. The van der Waals surface area contributed by atoms with E-state index in [0.29, 0.717) is 5.56 Å². The highest BCUT2D eigenvalue weighted by Crippen LogP contribution is 2.45. The summed E-state index contributed by atoms with van der Waals surface area (Å²) >= 11 is 1.71. The second-order valence-corrected chi connectivity index (χ2v) is 9.56. The number of carboxylic acids is 1. The van der Waals surface area contributed by atoms with Gasteiger partial charge in [-0.25, -0.2) is 4.79 Å². The van der Waals surface area contributed by atoms with Gasteiger partial charge < -0.3 is 5.11 Å². The minimum atomic E-state index is -0.775. The molecule has 1 aliphatic heterocycles. The van der Waals surface area contributed by atoms with E-state index in [1.165, 1.54) is 16.0 Å². The maximum absolute atomic E-state index is 12.1. The number of hydrogen-bond donors (Lipinski definition) is 1. The Morgan fingerprint density at radius 1 is 1.27 bits per heavy atom. The molecule has 0 unspecified atom stereocenters. The fourth-order valence-corrected chi connectivity index (χ4v) is 5.68. The number of benzene rings is 1. The maximum atomic E-state index is 12.1. The first kappa shape index (κ1) is 17.7. The van der Waals surface area contributed by atoms with E-state index >= 15 is 0 Å². The number of thiophene rings is 1. The van der Waals surface area contributed by atoms with Crippen LogP contribution in [-0.4, -0.2) is 29.1 Å². The van der Waals surface area contributed by atoms with Gasteiger partial charge in [-0.2, -0.15) is 0 Å². The molecule has 4 heteroatoms. The first-order chi connectivity index (χ1) is 12.4. The predicted octanol–water partition coefficient (Wildman–Crippen LogP) is 5.01. The van der Waals surface area contributed by atoms with Crippen molar-refractivity contribution in [2.45, 2.75) is 53.0 Å². The van der Waals surface area contributed by atoms with Gasteiger partial charge in [0.1, 0.15) is 0 Å². The van der Waals surface area contributed by atoms with Gasteiger partial charge in [-0.1, -0.05) is 32.9 Å². The zero-order chi connectivity index (χ0) is 18.5. The quantitative estimate of drug-likeness (QED) is 0.827. The average Bonchev–Trinajstić information content (AvgIpc) is 2.98. The third-order valence-electron chi connectivity index (χ3n) is 6.00. The fourth-order valence-electron chi connectivity index (χ4n) is 4.38. The van der Waals surface area contributed by atoms with Crippen LogP contribution in [0.15, 0.2) is 18.2 Å². The SMILES string of the molecule is CCN1CCc2ccc(-c3sc4c(c3C(=O)O)CC(C)(C)CC4)cc2C1. The molecule has 0 amide bonds. The number of aryl methyl sites for hydroxylation is 1. The highest BCUT2D eigenvalue weighted by Gasteiger charge is 2.33. The lowest BCUT2D eigenvalue weighted by molar-refractivity contribution is 0.0696. The van der Waals surface area contributed by atoms with E-state index in [9.17, 15) is 9.90 Å². The van der Waals surface area contributed by atoms with E-state index < -0.39 is 5.97 Å². The highest BCUT2D eigenvalue weighted by molar-refractivity contribution is 7.16. The maximum Gasteiger partial charge on any atom is 0.337 e. The lowest BCUT2D eigenvalue weighted by atomic mass is 9.76. The van der Waals surface area contributed by atoms with Crippen molar-refractivity contribution in [1.82, 2.24) is 4.90 Å². The summed E-state index contributed by atoms with van der Waals surface area (Å²) in [4.78, 5) is 16.8. The Morgan fingerprint density at radius 3 is 2.81 bits per heavy atom. The second-order valence-electron chi connectivity index (χ2n) is 8.46. The van der Waals surface area contributed by atoms with Gasteiger partial charge >= 0.3 is 5.97 Å². The molecule has 2 aromatic rings. The summed E-state index contributed by atoms with van der Waals surface area (Å²) in [6.45, 7) is 9.85. The largest absolute Gasteiger partial charge is 0.478 e. The van der Waals surface area contributed by atoms with Crippen LogP contribution in [0.3, 0.4) is 0 Å². The van der Waals surface area contributed by atoms with Crippen LogP contribution in [0.25, 0.3) is 10.4 Å². The average molecular weight is 370 g/mol. The Kier molecular flexibility index (Phi) is 4.44. The number of likely N-dealkylation sites (N-methyl/N-ethyl adjacent to an activating group) is 1. The lowest BCUT2D eigenvalue weighted by Crippen LogP contribution is -2.30. The Bertz CT molecular complexity index is 865. The van der Waals surface area contributed by atoms with E-state index in [4.69, 9.17) is 0 Å². The van der Waals surface area contributed by atoms with Crippen LogP contribution in [-0.2, 0) is 25.8 Å². The smallest absolute Gasteiger partial charge is 0.337 e. The molecular weight excluding hydrogens is 342 g/mol. The van der Waals surface area contributed by atoms with Crippen LogP contribution in [0.2, 0.25) is 0 Å². The summed E-state index contributed by atoms with van der Waals surface area (Å²) in [6, 6.07) is 6.59. The van der Waals surface area contributed by atoms with E-state index in [1.807, 2.05) is 0 Å². The number of nitrogens with zero attached hydrogens (tertiary/aromatic N) is 1. The van der Waals surface area contributed by atoms with Crippen LogP contribution < -0.4 is 0 Å². The number of carbonyl (C=O) groups is 1. The van der Waals surface area contributed by atoms with Crippen molar-refractivity contribution in [1.29, 1.82) is 0 Å². The van der Waals surface area contributed by atoms with Gasteiger partial charge in [0.15, 0.2) is 0 Å². The molecule has 4 rings (SSSR count). The number of carboxylic acid groups (broad SMARTS) is 1. The molecule has 1 aromatic carbocycles. The van der Waals surface area contributed by atoms with Gasteiger partial charge in [0, 0.05) is 22.8 Å². The van der Waals surface area contributed by atoms with Crippen LogP contribution >= 0.6 is 11.3 Å². The minimum Gasteiger partial charge on any atom is -0.478 e. The molecule has 0 saturated carbocycles. The Labute approximate surface area is 159 Å². The number of fused-ring (bicyclic) bond motifs is 2. The van der Waals surface area contributed by atoms with E-state index in [1.54, 1.807) is 11.3 Å². The Hall–Kier alpha value is -1.65. The molecule has 26 heavy (non-hydrogen) atoms. The van der Waals surface area contributed by atoms with Gasteiger partial charge in [0.25, 0.3) is 0 Å². The zero-order valence-corrected chi connectivity index (χ0v) is 16.7. The lowest BCUT2D eigenvalue weighted by Gasteiger charge is -2.29. The van der Waals surface area contributed by atoms with Gasteiger partial charge in [-0.05, 0) is 66.0 Å². The molecule has 2 aliphatic rings. The first-order valence-corrected chi connectivity index (χ1v) is 10.4. The van der Waals surface area contributed by atoms with Crippen molar-refractivity contribution in [2.24, 2.45) is 5.41 Å². The van der Waals surface area contributed by atoms with Crippen molar-refractivity contribution in [3.8, 4) is 10.4 Å². The minimum absolute atomic E-state index is 0.188. The normalized spacial score (nSPS) is 19.0. The van der Waals surface area contributed by atoms with Crippen molar-refractivity contribution in [3.05, 3.63) is 45.3 Å². The molecule has 0 saturated heterocycles. The number of rotatable bonds is 3. The molecule has 3 nitrogen and oxygen atoms in total. The van der Waals surface area contributed by atoms with Gasteiger partial charge in [0.2, 0.25) is 0 Å². The summed E-state index contributed by atoms with van der Waals surface area (Å²) in [5.74, 6) is -0.775. The number of hydrogen-bond acceptors (Lipinski definition) is 3. The van der Waals surface area contributed by atoms with Gasteiger partial charge in [-0.15, -0.1) is 11.3 Å². The molecule has 2 heterocycles. The third kappa shape index (κ3) is 3.10. The summed E-state index contributed by atoms with van der Waals surface area (Å²) in [6.07, 6.45) is 4.09. The molecule has 1 aliphatic carbocycles. The van der Waals surface area contributed by atoms with E-state index in [0.717, 1.165) is 61.3 Å². The molecule has 0 fully saturated rings. The molecule has 1 aromatic heterocycles. The summed E-state index contributed by atoms with van der Waals surface area (Å²) in [5.41, 5.74) is 5.68. The Balaban J connectivity index is 1.79. The summed E-state index contributed by atoms with van der Waals surface area (Å²) in [5, 5.41) is 9.96. The van der Waals surface area contributed by atoms with Crippen LogP contribution in [0.1, 0.15) is 59.1 Å². The highest BCUT2D eigenvalue weighted by atomic mass is 32.1. The summed E-state index contributed by atoms with van der Waals surface area (Å²) < 4.78 is 0. The van der Waals surface area contributed by atoms with E-state index in [2.05, 4.69) is 43.9 Å². The molecule has 1 N–H and O–H groups in total. The molecule has 0 spiro atoms. The van der Waals surface area contributed by atoms with Crippen LogP contribution in [0.5, 0.6) is 0 Å². The third-order valence-corrected chi connectivity index (χ3v) is 7.34. The molecular formula is C22H27NO2S. The van der Waals surface area contributed by atoms with E-state index in [-0.39, 0.29) is 5.41 Å². The van der Waals surface area contributed by atoms with Gasteiger partial charge in [-0.3, -0.25) is 4.90 Å². The fraction of sp³-hybridized carbons (Fsp3) is 0.500. The molecule has 0 bridgehead atoms. The molecule has 0 radical (unpaired) electrons.